The van der Waals surface area contributed by atoms with Gasteiger partial charge in [-0.25, -0.2) is 9.97 Å². The number of thiophene rings is 1. The Morgan fingerprint density at radius 2 is 2.06 bits per heavy atom. The number of nitrogens with zero attached hydrogens (tertiary/aromatic N) is 4. The molecular weight excluding hydrogens is 452 g/mol. The van der Waals surface area contributed by atoms with Gasteiger partial charge in [-0.1, -0.05) is 25.4 Å². The molecule has 2 aliphatic heterocycles. The number of nitrogens with one attached hydrogen (secondary N) is 2. The maximum Gasteiger partial charge on any atom is 0.261 e. The number of halogens is 1. The summed E-state index contributed by atoms with van der Waals surface area (Å²) in [4.78, 5) is 38.4. The maximum atomic E-state index is 13.5. The molecule has 1 fully saturated rings. The summed E-state index contributed by atoms with van der Waals surface area (Å²) in [5.74, 6) is 0.510. The Morgan fingerprint density at radius 3 is 2.69 bits per heavy atom. The highest BCUT2D eigenvalue weighted by Gasteiger charge is 2.43. The quantitative estimate of drug-likeness (QED) is 0.580. The first-order valence-electron chi connectivity index (χ1n) is 10.6. The molecule has 2 aliphatic rings. The highest BCUT2D eigenvalue weighted by atomic mass is 35.5. The molecule has 2 atom stereocenters. The number of aliphatic hydroxyl groups is 1. The van der Waals surface area contributed by atoms with Crippen molar-refractivity contribution in [3.05, 3.63) is 33.2 Å². The Hall–Kier alpha value is -2.27. The van der Waals surface area contributed by atoms with Gasteiger partial charge in [-0.2, -0.15) is 0 Å². The number of carbonyl (C=O) groups excluding carboxylic acids is 2. The summed E-state index contributed by atoms with van der Waals surface area (Å²) in [7, 11) is 0. The predicted molar refractivity (Wildman–Crippen MR) is 124 cm³/mol. The Kier molecular flexibility index (Phi) is 6.39. The lowest BCUT2D eigenvalue weighted by Crippen LogP contribution is -2.57. The molecule has 0 radical (unpaired) electrons. The second-order valence-corrected chi connectivity index (χ2v) is 10.2. The molecule has 172 valence electrons. The number of hydrogen-bond acceptors (Lipinski definition) is 8. The molecule has 3 N–H and O–H groups in total. The van der Waals surface area contributed by atoms with Crippen molar-refractivity contribution >= 4 is 46.4 Å². The Bertz CT molecular complexity index is 1020. The van der Waals surface area contributed by atoms with E-state index >= 15 is 0 Å². The van der Waals surface area contributed by atoms with Crippen LogP contribution in [0.3, 0.4) is 0 Å². The van der Waals surface area contributed by atoms with E-state index in [1.165, 1.54) is 17.7 Å². The summed E-state index contributed by atoms with van der Waals surface area (Å²) in [6.07, 6.45) is 1.45. The van der Waals surface area contributed by atoms with Gasteiger partial charge in [-0.15, -0.1) is 11.3 Å². The summed E-state index contributed by atoms with van der Waals surface area (Å²) in [5, 5.41) is 17.4. The Balaban J connectivity index is 1.51. The monoisotopic (exact) mass is 478 g/mol. The van der Waals surface area contributed by atoms with Crippen LogP contribution in [0.1, 0.15) is 37.1 Å². The number of piperazine rings is 1. The van der Waals surface area contributed by atoms with E-state index in [-0.39, 0.29) is 30.3 Å². The van der Waals surface area contributed by atoms with E-state index < -0.39 is 5.60 Å². The first kappa shape index (κ1) is 22.9. The molecule has 2 aromatic rings. The first-order chi connectivity index (χ1) is 15.2. The van der Waals surface area contributed by atoms with Gasteiger partial charge in [0.05, 0.1) is 10.3 Å². The molecule has 2 aromatic heterocycles. The number of hydrogen-bond donors (Lipinski definition) is 3. The fourth-order valence-corrected chi connectivity index (χ4v) is 5.16. The third kappa shape index (κ3) is 4.19. The van der Waals surface area contributed by atoms with Gasteiger partial charge in [0, 0.05) is 49.2 Å². The van der Waals surface area contributed by atoms with Gasteiger partial charge in [0.2, 0.25) is 5.91 Å². The van der Waals surface area contributed by atoms with Gasteiger partial charge < -0.3 is 25.5 Å². The van der Waals surface area contributed by atoms with Crippen LogP contribution in [0.15, 0.2) is 18.5 Å². The molecule has 1 unspecified atom stereocenters. The van der Waals surface area contributed by atoms with Crippen LogP contribution in [0.25, 0.3) is 0 Å². The lowest BCUT2D eigenvalue weighted by molar-refractivity contribution is -0.152. The van der Waals surface area contributed by atoms with E-state index in [0.717, 1.165) is 11.4 Å². The zero-order valence-corrected chi connectivity index (χ0v) is 19.8. The number of rotatable bonds is 6. The maximum absolute atomic E-state index is 13.5. The number of carbonyl (C=O) groups is 2. The lowest BCUT2D eigenvalue weighted by Gasteiger charge is -2.40. The van der Waals surface area contributed by atoms with E-state index in [9.17, 15) is 14.7 Å². The smallest absolute Gasteiger partial charge is 0.261 e. The second kappa shape index (κ2) is 8.93. The van der Waals surface area contributed by atoms with E-state index in [4.69, 9.17) is 11.6 Å². The molecule has 4 heterocycles. The zero-order valence-electron chi connectivity index (χ0n) is 18.3. The highest BCUT2D eigenvalue weighted by molar-refractivity contribution is 7.16. The van der Waals surface area contributed by atoms with Gasteiger partial charge in [0.1, 0.15) is 18.0 Å². The fourth-order valence-electron chi connectivity index (χ4n) is 4.03. The van der Waals surface area contributed by atoms with Crippen molar-refractivity contribution in [3.63, 3.8) is 0 Å². The molecular formula is C21H27ClN6O3S. The van der Waals surface area contributed by atoms with Crippen molar-refractivity contribution in [2.45, 2.75) is 38.3 Å². The molecule has 0 bridgehead atoms. The third-order valence-electron chi connectivity index (χ3n) is 5.90. The van der Waals surface area contributed by atoms with E-state index in [2.05, 4.69) is 25.5 Å². The predicted octanol–water partition coefficient (Wildman–Crippen LogP) is 1.78. The average Bonchev–Trinajstić information content (AvgIpc) is 3.35. The lowest BCUT2D eigenvalue weighted by atomic mass is 9.98. The van der Waals surface area contributed by atoms with Crippen LogP contribution in [0.5, 0.6) is 0 Å². The van der Waals surface area contributed by atoms with Crippen LogP contribution < -0.4 is 15.5 Å². The van der Waals surface area contributed by atoms with E-state index in [1.807, 2.05) is 20.8 Å². The summed E-state index contributed by atoms with van der Waals surface area (Å²) >= 11 is 7.30. The summed E-state index contributed by atoms with van der Waals surface area (Å²) < 4.78 is 0.524. The minimum atomic E-state index is -1.69. The van der Waals surface area contributed by atoms with Gasteiger partial charge in [-0.3, -0.25) is 9.59 Å². The van der Waals surface area contributed by atoms with Crippen molar-refractivity contribution in [1.82, 2.24) is 20.2 Å². The van der Waals surface area contributed by atoms with Crippen LogP contribution in [0, 0.1) is 0 Å². The topological polar surface area (TPSA) is 111 Å². The number of aromatic nitrogens is 2. The molecule has 1 saturated heterocycles. The molecule has 0 spiro atoms. The van der Waals surface area contributed by atoms with Gasteiger partial charge in [0.15, 0.2) is 5.60 Å². The minimum Gasteiger partial charge on any atom is -0.374 e. The van der Waals surface area contributed by atoms with Crippen molar-refractivity contribution in [2.75, 3.05) is 42.9 Å². The van der Waals surface area contributed by atoms with Crippen LogP contribution >= 0.6 is 22.9 Å². The fraction of sp³-hybridized carbons (Fsp3) is 0.524. The summed E-state index contributed by atoms with van der Waals surface area (Å²) in [6, 6.07) is 3.51. The first-order valence-corrected chi connectivity index (χ1v) is 11.8. The van der Waals surface area contributed by atoms with Gasteiger partial charge in [0.25, 0.3) is 5.91 Å². The normalized spacial score (nSPS) is 20.3. The molecule has 0 saturated carbocycles. The van der Waals surface area contributed by atoms with E-state index in [0.29, 0.717) is 41.2 Å². The van der Waals surface area contributed by atoms with Crippen molar-refractivity contribution in [1.29, 1.82) is 0 Å². The highest BCUT2D eigenvalue weighted by Crippen LogP contribution is 2.37. The van der Waals surface area contributed by atoms with Crippen molar-refractivity contribution in [3.8, 4) is 0 Å². The number of fused-ring (bicyclic) bond motifs is 1. The Labute approximate surface area is 195 Å². The van der Waals surface area contributed by atoms with E-state index in [1.54, 1.807) is 17.0 Å². The van der Waals surface area contributed by atoms with Crippen LogP contribution in [-0.4, -0.2) is 70.6 Å². The third-order valence-corrected chi connectivity index (χ3v) is 7.28. The number of amides is 2. The largest absolute Gasteiger partial charge is 0.374 e. The summed E-state index contributed by atoms with van der Waals surface area (Å²) in [6.45, 7) is 7.79. The van der Waals surface area contributed by atoms with Crippen molar-refractivity contribution in [2.24, 2.45) is 0 Å². The van der Waals surface area contributed by atoms with Crippen LogP contribution in [0.2, 0.25) is 4.34 Å². The molecule has 0 aromatic carbocycles. The van der Waals surface area contributed by atoms with Gasteiger partial charge >= 0.3 is 0 Å². The SMILES string of the molecule is CC(C)NC[C@@](O)(C(=O)N1CCN(c2ncnc3c2C(C)C(=O)N3)CC1)c1ccc(Cl)s1. The molecule has 9 nitrogen and oxygen atoms in total. The van der Waals surface area contributed by atoms with Gasteiger partial charge in [-0.05, 0) is 19.1 Å². The molecule has 2 amide bonds. The second-order valence-electron chi connectivity index (χ2n) is 8.45. The summed E-state index contributed by atoms with van der Waals surface area (Å²) in [5.41, 5.74) is -0.895. The molecule has 0 aliphatic carbocycles. The molecule has 4 rings (SSSR count). The zero-order chi connectivity index (χ0) is 23.0. The Morgan fingerprint density at radius 1 is 1.34 bits per heavy atom. The standard InChI is InChI=1S/C21H27ClN6O3S/c1-12(2)23-10-21(31,14-4-5-15(22)32-14)20(30)28-8-6-27(7-9-28)18-16-13(3)19(29)26-17(16)24-11-25-18/h4-5,11-13,23,31H,6-10H2,1-3H3,(H,24,25,26,29)/t13?,21-/m0/s1. The van der Waals surface area contributed by atoms with Crippen molar-refractivity contribution < 1.29 is 14.7 Å². The van der Waals surface area contributed by atoms with Crippen LogP contribution in [-0.2, 0) is 15.2 Å². The molecule has 32 heavy (non-hydrogen) atoms. The molecule has 11 heteroatoms. The number of anilines is 2. The van der Waals surface area contributed by atoms with Crippen LogP contribution in [0.4, 0.5) is 11.6 Å². The average molecular weight is 479 g/mol. The minimum absolute atomic E-state index is 0.0899.